The predicted octanol–water partition coefficient (Wildman–Crippen LogP) is 2.58. The molecule has 2 heterocycles. The fraction of sp³-hybridized carbons (Fsp3) is 0.480. The van der Waals surface area contributed by atoms with Gasteiger partial charge in [0.15, 0.2) is 0 Å². The lowest BCUT2D eigenvalue weighted by atomic mass is 10.1. The Morgan fingerprint density at radius 1 is 0.839 bits per heavy atom. The van der Waals surface area contributed by atoms with Crippen molar-refractivity contribution in [3.63, 3.8) is 0 Å². The molecule has 0 saturated carbocycles. The van der Waals surface area contributed by atoms with Gasteiger partial charge >= 0.3 is 0 Å². The Morgan fingerprint density at radius 2 is 1.48 bits per heavy atom. The third-order valence-corrected chi connectivity index (χ3v) is 6.07. The number of anilines is 1. The summed E-state index contributed by atoms with van der Waals surface area (Å²) in [6.45, 7) is 12.0. The van der Waals surface area contributed by atoms with Crippen LogP contribution in [0.3, 0.4) is 0 Å². The van der Waals surface area contributed by atoms with Crippen molar-refractivity contribution in [1.82, 2.24) is 14.7 Å². The first-order valence-corrected chi connectivity index (χ1v) is 11.3. The fourth-order valence-corrected chi connectivity index (χ4v) is 4.29. The molecule has 0 unspecified atom stereocenters. The van der Waals surface area contributed by atoms with Crippen molar-refractivity contribution in [3.05, 3.63) is 65.2 Å². The highest BCUT2D eigenvalue weighted by Gasteiger charge is 2.19. The number of benzene rings is 2. The maximum Gasteiger partial charge on any atom is 0.238 e. The zero-order valence-electron chi connectivity index (χ0n) is 18.6. The van der Waals surface area contributed by atoms with Crippen LogP contribution in [0, 0.1) is 6.92 Å². The average Bonchev–Trinajstić information content (AvgIpc) is 2.77. The van der Waals surface area contributed by atoms with Crippen LogP contribution in [0.15, 0.2) is 48.5 Å². The first-order valence-electron chi connectivity index (χ1n) is 11.3. The monoisotopic (exact) mass is 422 g/mol. The number of carbonyl (C=O) groups excluding carboxylic acids is 1. The molecule has 2 aromatic rings. The molecule has 0 radical (unpaired) electrons. The van der Waals surface area contributed by atoms with E-state index in [-0.39, 0.29) is 5.91 Å². The molecule has 0 aliphatic carbocycles. The minimum Gasteiger partial charge on any atom is -0.379 e. The van der Waals surface area contributed by atoms with Crippen LogP contribution in [0.1, 0.15) is 16.7 Å². The van der Waals surface area contributed by atoms with Crippen molar-refractivity contribution in [1.29, 1.82) is 0 Å². The molecule has 2 fully saturated rings. The molecule has 0 aromatic heterocycles. The van der Waals surface area contributed by atoms with Crippen LogP contribution in [0.4, 0.5) is 5.69 Å². The molecular weight excluding hydrogens is 388 g/mol. The molecule has 0 atom stereocenters. The lowest BCUT2D eigenvalue weighted by Gasteiger charge is -2.34. The fourth-order valence-electron chi connectivity index (χ4n) is 4.29. The summed E-state index contributed by atoms with van der Waals surface area (Å²) in [4.78, 5) is 19.6. The van der Waals surface area contributed by atoms with Gasteiger partial charge in [-0.1, -0.05) is 42.0 Å². The number of ether oxygens (including phenoxy) is 1. The van der Waals surface area contributed by atoms with Gasteiger partial charge in [0, 0.05) is 58.0 Å². The zero-order chi connectivity index (χ0) is 21.5. The van der Waals surface area contributed by atoms with Crippen LogP contribution in [0.25, 0.3) is 0 Å². The molecule has 0 spiro atoms. The van der Waals surface area contributed by atoms with Crippen LogP contribution in [-0.4, -0.2) is 79.6 Å². The summed E-state index contributed by atoms with van der Waals surface area (Å²) in [5, 5.41) is 3.05. The highest BCUT2D eigenvalue weighted by molar-refractivity contribution is 5.92. The lowest BCUT2D eigenvalue weighted by molar-refractivity contribution is -0.117. The van der Waals surface area contributed by atoms with Gasteiger partial charge in [-0.15, -0.1) is 0 Å². The number of morpholine rings is 1. The molecule has 4 rings (SSSR count). The lowest BCUT2D eigenvalue weighted by Crippen LogP contribution is -2.48. The van der Waals surface area contributed by atoms with Gasteiger partial charge in [0.25, 0.3) is 0 Å². The second-order valence-electron chi connectivity index (χ2n) is 8.67. The van der Waals surface area contributed by atoms with Gasteiger partial charge in [-0.3, -0.25) is 19.5 Å². The molecule has 31 heavy (non-hydrogen) atoms. The number of rotatable bonds is 7. The van der Waals surface area contributed by atoms with E-state index in [2.05, 4.69) is 63.3 Å². The number of amides is 1. The van der Waals surface area contributed by atoms with Crippen molar-refractivity contribution in [3.8, 4) is 0 Å². The van der Waals surface area contributed by atoms with Crippen molar-refractivity contribution < 1.29 is 9.53 Å². The Morgan fingerprint density at radius 3 is 2.19 bits per heavy atom. The van der Waals surface area contributed by atoms with Crippen LogP contribution >= 0.6 is 0 Å². The van der Waals surface area contributed by atoms with Gasteiger partial charge in [-0.25, -0.2) is 0 Å². The molecule has 2 aromatic carbocycles. The number of hydrogen-bond donors (Lipinski definition) is 1. The highest BCUT2D eigenvalue weighted by Crippen LogP contribution is 2.14. The number of carbonyl (C=O) groups is 1. The van der Waals surface area contributed by atoms with Gasteiger partial charge < -0.3 is 10.1 Å². The maximum atomic E-state index is 12.5. The van der Waals surface area contributed by atoms with Gasteiger partial charge in [-0.05, 0) is 30.2 Å². The van der Waals surface area contributed by atoms with Gasteiger partial charge in [0.1, 0.15) is 0 Å². The minimum atomic E-state index is 0.0630. The number of nitrogens with zero attached hydrogens (tertiary/aromatic N) is 3. The quantitative estimate of drug-likeness (QED) is 0.743. The second-order valence-corrected chi connectivity index (χ2v) is 8.67. The third-order valence-electron chi connectivity index (χ3n) is 6.07. The van der Waals surface area contributed by atoms with E-state index in [0.29, 0.717) is 6.54 Å². The molecule has 2 aliphatic heterocycles. The van der Waals surface area contributed by atoms with Gasteiger partial charge in [-0.2, -0.15) is 0 Å². The van der Waals surface area contributed by atoms with Crippen molar-refractivity contribution in [2.75, 3.05) is 64.3 Å². The molecule has 1 amide bonds. The molecule has 166 valence electrons. The number of piperazine rings is 1. The molecule has 2 saturated heterocycles. The SMILES string of the molecule is Cc1cccc(CN2CCN(CC(=O)Nc3ccc(CN4CCOCC4)cc3)CC2)c1. The molecule has 2 aliphatic rings. The van der Waals surface area contributed by atoms with Crippen molar-refractivity contribution >= 4 is 11.6 Å². The Balaban J connectivity index is 1.18. The summed E-state index contributed by atoms with van der Waals surface area (Å²) in [6, 6.07) is 16.9. The summed E-state index contributed by atoms with van der Waals surface area (Å²) in [5.41, 5.74) is 4.81. The van der Waals surface area contributed by atoms with Crippen molar-refractivity contribution in [2.24, 2.45) is 0 Å². The van der Waals surface area contributed by atoms with E-state index in [4.69, 9.17) is 4.74 Å². The van der Waals surface area contributed by atoms with E-state index in [1.54, 1.807) is 0 Å². The Hall–Kier alpha value is -2.25. The third kappa shape index (κ3) is 6.87. The van der Waals surface area contributed by atoms with E-state index >= 15 is 0 Å². The normalized spacial score (nSPS) is 18.7. The smallest absolute Gasteiger partial charge is 0.238 e. The van der Waals surface area contributed by atoms with Crippen molar-refractivity contribution in [2.45, 2.75) is 20.0 Å². The van der Waals surface area contributed by atoms with E-state index in [1.807, 2.05) is 12.1 Å². The van der Waals surface area contributed by atoms with E-state index < -0.39 is 0 Å². The summed E-state index contributed by atoms with van der Waals surface area (Å²) < 4.78 is 5.40. The molecular formula is C25H34N4O2. The molecule has 0 bridgehead atoms. The Labute approximate surface area is 185 Å². The predicted molar refractivity (Wildman–Crippen MR) is 124 cm³/mol. The highest BCUT2D eigenvalue weighted by atomic mass is 16.5. The summed E-state index contributed by atoms with van der Waals surface area (Å²) in [7, 11) is 0. The topological polar surface area (TPSA) is 48.0 Å². The standard InChI is InChI=1S/C25H34N4O2/c1-21-3-2-4-23(17-21)19-27-9-11-28(12-10-27)20-25(30)26-24-7-5-22(6-8-24)18-29-13-15-31-16-14-29/h2-8,17H,9-16,18-20H2,1H3,(H,26,30). The zero-order valence-corrected chi connectivity index (χ0v) is 18.6. The Kier molecular flexibility index (Phi) is 7.70. The second kappa shape index (κ2) is 10.9. The van der Waals surface area contributed by atoms with E-state index in [0.717, 1.165) is 71.3 Å². The van der Waals surface area contributed by atoms with E-state index in [1.165, 1.54) is 16.7 Å². The van der Waals surface area contributed by atoms with Crippen LogP contribution in [0.2, 0.25) is 0 Å². The molecule has 6 heteroatoms. The minimum absolute atomic E-state index is 0.0630. The summed E-state index contributed by atoms with van der Waals surface area (Å²) >= 11 is 0. The first kappa shape index (κ1) is 22.0. The van der Waals surface area contributed by atoms with E-state index in [9.17, 15) is 4.79 Å². The van der Waals surface area contributed by atoms with Crippen LogP contribution in [-0.2, 0) is 22.6 Å². The number of hydrogen-bond acceptors (Lipinski definition) is 5. The first-order chi connectivity index (χ1) is 15.1. The summed E-state index contributed by atoms with van der Waals surface area (Å²) in [6.07, 6.45) is 0. The molecule has 1 N–H and O–H groups in total. The van der Waals surface area contributed by atoms with Crippen LogP contribution in [0.5, 0.6) is 0 Å². The van der Waals surface area contributed by atoms with Gasteiger partial charge in [0.05, 0.1) is 19.8 Å². The van der Waals surface area contributed by atoms with Crippen LogP contribution < -0.4 is 5.32 Å². The molecule has 6 nitrogen and oxygen atoms in total. The Bertz CT molecular complexity index is 841. The van der Waals surface area contributed by atoms with Gasteiger partial charge in [0.2, 0.25) is 5.91 Å². The summed E-state index contributed by atoms with van der Waals surface area (Å²) in [5.74, 6) is 0.0630. The maximum absolute atomic E-state index is 12.5. The largest absolute Gasteiger partial charge is 0.379 e. The number of nitrogens with one attached hydrogen (secondary N) is 1. The number of aryl methyl sites for hydroxylation is 1. The average molecular weight is 423 g/mol.